The number of thiophene rings is 1. The Morgan fingerprint density at radius 3 is 2.71 bits per heavy atom. The largest absolute Gasteiger partial charge is 0.391 e. The van der Waals surface area contributed by atoms with Crippen LogP contribution in [0.5, 0.6) is 0 Å². The first-order chi connectivity index (χ1) is 14.9. The summed E-state index contributed by atoms with van der Waals surface area (Å²) in [4.78, 5) is 32.7. The first-order valence-corrected chi connectivity index (χ1v) is 11.6. The lowest BCUT2D eigenvalue weighted by molar-refractivity contribution is -0.788. The van der Waals surface area contributed by atoms with E-state index in [1.165, 1.54) is 32.3 Å². The first-order valence-electron chi connectivity index (χ1n) is 9.65. The molecule has 0 radical (unpaired) electrons. The molecule has 0 saturated carbocycles. The lowest BCUT2D eigenvalue weighted by atomic mass is 10.1. The number of benzene rings is 1. The van der Waals surface area contributed by atoms with Crippen LogP contribution in [-0.2, 0) is 9.68 Å². The average molecular weight is 470 g/mol. The number of β-amino-alcohol motifs (C(OH)–C–C–N with tert-alkyl or cyclic N) is 1. The van der Waals surface area contributed by atoms with E-state index in [0.29, 0.717) is 12.3 Å². The number of aliphatic hydroxyl groups is 1. The summed E-state index contributed by atoms with van der Waals surface area (Å²) in [5, 5.41) is 30.3. The number of fused-ring (bicyclic) bond motifs is 1. The summed E-state index contributed by atoms with van der Waals surface area (Å²) in [5.74, 6) is 0.432. The van der Waals surface area contributed by atoms with E-state index < -0.39 is 29.0 Å². The molecule has 3 rings (SSSR count). The predicted octanol–water partition coefficient (Wildman–Crippen LogP) is 2.87. The number of nitrogens with zero attached hydrogens (tertiary/aromatic N) is 3. The second-order valence-corrected chi connectivity index (χ2v) is 9.21. The van der Waals surface area contributed by atoms with Crippen LogP contribution in [0.2, 0.25) is 0 Å². The third-order valence-electron chi connectivity index (χ3n) is 4.72. The molecule has 1 N–H and O–H groups in total. The Kier molecular flexibility index (Phi) is 8.46. The van der Waals surface area contributed by atoms with Gasteiger partial charge in [-0.3, -0.25) is 4.90 Å². The topological polar surface area (TPSA) is 128 Å². The van der Waals surface area contributed by atoms with E-state index in [9.17, 15) is 25.3 Å². The number of rotatable bonds is 12. The van der Waals surface area contributed by atoms with Crippen LogP contribution in [0.3, 0.4) is 0 Å². The molecule has 0 aliphatic carbocycles. The maximum atomic E-state index is 10.5. The van der Waals surface area contributed by atoms with Crippen LogP contribution < -0.4 is 0 Å². The van der Waals surface area contributed by atoms with Gasteiger partial charge in [-0.2, -0.15) is 11.8 Å². The molecule has 168 valence electrons. The molecule has 0 saturated heterocycles. The second kappa shape index (κ2) is 11.3. The highest BCUT2D eigenvalue weighted by Gasteiger charge is 2.20. The van der Waals surface area contributed by atoms with E-state index in [1.807, 2.05) is 12.1 Å². The number of hydrogen-bond acceptors (Lipinski definition) is 10. The van der Waals surface area contributed by atoms with Crippen molar-refractivity contribution in [1.29, 1.82) is 0 Å². The highest BCUT2D eigenvalue weighted by Crippen LogP contribution is 2.33. The Labute approximate surface area is 186 Å². The van der Waals surface area contributed by atoms with Gasteiger partial charge < -0.3 is 14.8 Å². The zero-order valence-electron chi connectivity index (χ0n) is 16.6. The maximum Gasteiger partial charge on any atom is 0.294 e. The third-order valence-corrected chi connectivity index (χ3v) is 7.14. The predicted molar refractivity (Wildman–Crippen MR) is 119 cm³/mol. The number of aliphatic hydroxyl groups excluding tert-OH is 1. The van der Waals surface area contributed by atoms with Crippen molar-refractivity contribution in [2.45, 2.75) is 18.6 Å². The second-order valence-electron chi connectivity index (χ2n) is 7.05. The van der Waals surface area contributed by atoms with Gasteiger partial charge in [-0.1, -0.05) is 24.3 Å². The minimum atomic E-state index is -1.07. The summed E-state index contributed by atoms with van der Waals surface area (Å²) < 4.78 is 1.27. The molecular formula is C19H23N3O7S2. The highest BCUT2D eigenvalue weighted by molar-refractivity contribution is 7.99. The van der Waals surface area contributed by atoms with Crippen LogP contribution in [-0.4, -0.2) is 70.1 Å². The summed E-state index contributed by atoms with van der Waals surface area (Å²) in [5.41, 5.74) is 1.33. The Hall–Kier alpha value is -2.41. The van der Waals surface area contributed by atoms with E-state index in [-0.39, 0.29) is 5.75 Å². The summed E-state index contributed by atoms with van der Waals surface area (Å²) in [6.45, 7) is 1.53. The van der Waals surface area contributed by atoms with Crippen molar-refractivity contribution in [2.75, 3.05) is 37.7 Å². The average Bonchev–Trinajstić information content (AvgIpc) is 3.16. The molecule has 10 nitrogen and oxygen atoms in total. The molecule has 0 amide bonds. The highest BCUT2D eigenvalue weighted by atomic mass is 32.2. The van der Waals surface area contributed by atoms with Crippen molar-refractivity contribution in [2.24, 2.45) is 0 Å². The molecule has 0 bridgehead atoms. The van der Waals surface area contributed by atoms with Gasteiger partial charge in [0.2, 0.25) is 0 Å². The molecule has 1 aromatic heterocycles. The van der Waals surface area contributed by atoms with Crippen molar-refractivity contribution >= 4 is 38.8 Å². The molecule has 0 spiro atoms. The van der Waals surface area contributed by atoms with Crippen LogP contribution in [0.4, 0.5) is 0 Å². The van der Waals surface area contributed by atoms with Crippen molar-refractivity contribution < 1.29 is 25.0 Å². The van der Waals surface area contributed by atoms with Gasteiger partial charge in [0, 0.05) is 40.7 Å². The fourth-order valence-corrected chi connectivity index (χ4v) is 5.37. The van der Waals surface area contributed by atoms with E-state index in [4.69, 9.17) is 0 Å². The van der Waals surface area contributed by atoms with Crippen LogP contribution >= 0.6 is 23.1 Å². The summed E-state index contributed by atoms with van der Waals surface area (Å²) >= 11 is 3.02. The summed E-state index contributed by atoms with van der Waals surface area (Å²) in [6.07, 6.45) is 1.41. The van der Waals surface area contributed by atoms with Crippen molar-refractivity contribution in [3.8, 4) is 0 Å². The molecule has 1 aliphatic rings. The van der Waals surface area contributed by atoms with Crippen LogP contribution in [0.1, 0.15) is 11.3 Å². The third kappa shape index (κ3) is 7.35. The standard InChI is InChI=1S/C19H23N3O7S2/c23-16(12-30-13-17(29-22(26)27)11-28-21(24)25)10-20-7-5-14(6-8-20)19-9-15-3-1-2-4-18(15)31-19/h1-5,9,16-17,23H,6-8,10-13H2/t16-,17?/m1/s1. The zero-order valence-corrected chi connectivity index (χ0v) is 18.3. The SMILES string of the molecule is O=[N+]([O-])OCC(CSC[C@H](O)CN1CC=C(c2cc3ccccc3s2)CC1)O[N+](=O)[O-]. The Morgan fingerprint density at radius 1 is 1.23 bits per heavy atom. The van der Waals surface area contributed by atoms with Crippen LogP contribution in [0, 0.1) is 20.2 Å². The normalized spacial score (nSPS) is 16.5. The summed E-state index contributed by atoms with van der Waals surface area (Å²) in [6, 6.07) is 10.5. The minimum Gasteiger partial charge on any atom is -0.391 e. The Bertz CT molecular complexity index is 903. The van der Waals surface area contributed by atoms with Crippen LogP contribution in [0.25, 0.3) is 15.7 Å². The molecular weight excluding hydrogens is 446 g/mol. The molecule has 12 heteroatoms. The van der Waals surface area contributed by atoms with Crippen LogP contribution in [0.15, 0.2) is 36.4 Å². The van der Waals surface area contributed by atoms with Crippen molar-refractivity contribution in [1.82, 2.24) is 4.90 Å². The summed E-state index contributed by atoms with van der Waals surface area (Å²) in [7, 11) is 0. The number of hydrogen-bond donors (Lipinski definition) is 1. The smallest absolute Gasteiger partial charge is 0.294 e. The molecule has 1 unspecified atom stereocenters. The fraction of sp³-hybridized carbons (Fsp3) is 0.474. The monoisotopic (exact) mass is 469 g/mol. The van der Waals surface area contributed by atoms with E-state index in [2.05, 4.69) is 38.9 Å². The molecule has 2 heterocycles. The van der Waals surface area contributed by atoms with Gasteiger partial charge in [-0.15, -0.1) is 31.6 Å². The van der Waals surface area contributed by atoms with E-state index in [1.54, 1.807) is 11.3 Å². The lowest BCUT2D eigenvalue weighted by Gasteiger charge is -2.28. The minimum absolute atomic E-state index is 0.0991. The van der Waals surface area contributed by atoms with Gasteiger partial charge >= 0.3 is 0 Å². The van der Waals surface area contributed by atoms with Gasteiger partial charge in [0.15, 0.2) is 0 Å². The molecule has 31 heavy (non-hydrogen) atoms. The Balaban J connectivity index is 1.42. The quantitative estimate of drug-likeness (QED) is 0.368. The molecule has 2 atom stereocenters. The van der Waals surface area contributed by atoms with Crippen molar-refractivity contribution in [3.63, 3.8) is 0 Å². The molecule has 2 aromatic rings. The Morgan fingerprint density at radius 2 is 2.03 bits per heavy atom. The number of thioether (sulfide) groups is 1. The lowest BCUT2D eigenvalue weighted by Crippen LogP contribution is -2.36. The zero-order chi connectivity index (χ0) is 22.2. The fourth-order valence-electron chi connectivity index (χ4n) is 3.30. The van der Waals surface area contributed by atoms with Gasteiger partial charge in [0.1, 0.15) is 12.7 Å². The van der Waals surface area contributed by atoms with E-state index >= 15 is 0 Å². The van der Waals surface area contributed by atoms with Gasteiger partial charge in [0.25, 0.3) is 10.2 Å². The molecule has 1 aliphatic heterocycles. The van der Waals surface area contributed by atoms with E-state index in [0.717, 1.165) is 19.5 Å². The van der Waals surface area contributed by atoms with Gasteiger partial charge in [-0.25, -0.2) is 0 Å². The van der Waals surface area contributed by atoms with Gasteiger partial charge in [-0.05, 0) is 29.5 Å². The maximum absolute atomic E-state index is 10.5. The molecule has 1 aromatic carbocycles. The van der Waals surface area contributed by atoms with Gasteiger partial charge in [0.05, 0.1) is 6.10 Å². The first kappa shape index (κ1) is 23.3. The van der Waals surface area contributed by atoms with Crippen molar-refractivity contribution in [3.05, 3.63) is 61.5 Å². The molecule has 0 fully saturated rings.